The topological polar surface area (TPSA) is 29.9 Å². The smallest absolute Gasteiger partial charge is 0.203 e. The van der Waals surface area contributed by atoms with E-state index in [-0.39, 0.29) is 0 Å². The molecule has 2 atom stereocenters. The Bertz CT molecular complexity index is 612. The first-order chi connectivity index (χ1) is 9.04. The SMILES string of the molecule is Cc1ccc(C)c(-c2cn3c(n2)NC(C)CC3C)c1. The molecule has 0 saturated carbocycles. The van der Waals surface area contributed by atoms with E-state index in [0.29, 0.717) is 12.1 Å². The predicted molar refractivity (Wildman–Crippen MR) is 79.5 cm³/mol. The zero-order valence-corrected chi connectivity index (χ0v) is 12.1. The van der Waals surface area contributed by atoms with Crippen molar-refractivity contribution in [2.45, 2.75) is 46.2 Å². The van der Waals surface area contributed by atoms with Crippen molar-refractivity contribution in [2.24, 2.45) is 0 Å². The maximum Gasteiger partial charge on any atom is 0.203 e. The lowest BCUT2D eigenvalue weighted by Gasteiger charge is -2.27. The Kier molecular flexibility index (Phi) is 2.85. The van der Waals surface area contributed by atoms with E-state index in [1.807, 2.05) is 0 Å². The molecule has 1 aliphatic rings. The molecule has 3 rings (SSSR count). The van der Waals surface area contributed by atoms with Crippen molar-refractivity contribution in [3.63, 3.8) is 0 Å². The number of hydrogen-bond donors (Lipinski definition) is 1. The van der Waals surface area contributed by atoms with Crippen LogP contribution in [0.2, 0.25) is 0 Å². The monoisotopic (exact) mass is 255 g/mol. The summed E-state index contributed by atoms with van der Waals surface area (Å²) in [6.07, 6.45) is 3.33. The fourth-order valence-electron chi connectivity index (χ4n) is 2.88. The largest absolute Gasteiger partial charge is 0.353 e. The van der Waals surface area contributed by atoms with Gasteiger partial charge in [0.25, 0.3) is 0 Å². The van der Waals surface area contributed by atoms with Gasteiger partial charge in [-0.25, -0.2) is 4.98 Å². The summed E-state index contributed by atoms with van der Waals surface area (Å²) in [5.41, 5.74) is 4.87. The predicted octanol–water partition coefficient (Wildman–Crippen LogP) is 3.93. The van der Waals surface area contributed by atoms with Crippen LogP contribution in [0.4, 0.5) is 5.95 Å². The van der Waals surface area contributed by atoms with Crippen molar-refractivity contribution < 1.29 is 0 Å². The van der Waals surface area contributed by atoms with Crippen LogP contribution in [0, 0.1) is 13.8 Å². The van der Waals surface area contributed by atoms with Crippen LogP contribution >= 0.6 is 0 Å². The summed E-state index contributed by atoms with van der Waals surface area (Å²) in [5, 5.41) is 3.47. The Labute approximate surface area is 114 Å². The van der Waals surface area contributed by atoms with E-state index in [9.17, 15) is 0 Å². The molecule has 1 aromatic heterocycles. The van der Waals surface area contributed by atoms with Crippen molar-refractivity contribution in [1.82, 2.24) is 9.55 Å². The maximum atomic E-state index is 4.78. The number of fused-ring (bicyclic) bond motifs is 1. The average Bonchev–Trinajstić information content (AvgIpc) is 2.76. The molecule has 1 aromatic carbocycles. The number of rotatable bonds is 1. The highest BCUT2D eigenvalue weighted by Crippen LogP contribution is 2.31. The van der Waals surface area contributed by atoms with Crippen molar-refractivity contribution in [1.29, 1.82) is 0 Å². The van der Waals surface area contributed by atoms with Gasteiger partial charge in [0.15, 0.2) is 0 Å². The van der Waals surface area contributed by atoms with Crippen molar-refractivity contribution in [2.75, 3.05) is 5.32 Å². The number of imidazole rings is 1. The van der Waals surface area contributed by atoms with Crippen LogP contribution in [0.25, 0.3) is 11.3 Å². The number of nitrogens with zero attached hydrogens (tertiary/aromatic N) is 2. The molecule has 2 heterocycles. The number of hydrogen-bond acceptors (Lipinski definition) is 2. The summed E-state index contributed by atoms with van der Waals surface area (Å²) in [6.45, 7) is 8.75. The average molecular weight is 255 g/mol. The minimum Gasteiger partial charge on any atom is -0.353 e. The molecule has 3 heteroatoms. The summed E-state index contributed by atoms with van der Waals surface area (Å²) in [4.78, 5) is 4.78. The Hall–Kier alpha value is -1.77. The van der Waals surface area contributed by atoms with Crippen LogP contribution in [0.5, 0.6) is 0 Å². The van der Waals surface area contributed by atoms with Gasteiger partial charge < -0.3 is 9.88 Å². The normalized spacial score (nSPS) is 21.9. The van der Waals surface area contributed by atoms with Gasteiger partial charge in [0.1, 0.15) is 0 Å². The lowest BCUT2D eigenvalue weighted by atomic mass is 10.0. The summed E-state index contributed by atoms with van der Waals surface area (Å²) < 4.78 is 2.26. The number of anilines is 1. The van der Waals surface area contributed by atoms with Gasteiger partial charge >= 0.3 is 0 Å². The lowest BCUT2D eigenvalue weighted by molar-refractivity contribution is 0.449. The Morgan fingerprint density at radius 2 is 2.05 bits per heavy atom. The van der Waals surface area contributed by atoms with Crippen LogP contribution in [0.1, 0.15) is 37.4 Å². The lowest BCUT2D eigenvalue weighted by Crippen LogP contribution is -2.28. The first-order valence-electron chi connectivity index (χ1n) is 6.97. The molecule has 0 amide bonds. The van der Waals surface area contributed by atoms with Gasteiger partial charge in [0.2, 0.25) is 5.95 Å². The third-order valence-corrected chi connectivity index (χ3v) is 3.95. The van der Waals surface area contributed by atoms with Crippen LogP contribution < -0.4 is 5.32 Å². The van der Waals surface area contributed by atoms with Gasteiger partial charge in [0.05, 0.1) is 5.69 Å². The highest BCUT2D eigenvalue weighted by molar-refractivity contribution is 5.66. The summed E-state index contributed by atoms with van der Waals surface area (Å²) >= 11 is 0. The second-order valence-corrected chi connectivity index (χ2v) is 5.81. The van der Waals surface area contributed by atoms with Crippen LogP contribution in [0.15, 0.2) is 24.4 Å². The van der Waals surface area contributed by atoms with E-state index in [4.69, 9.17) is 4.98 Å². The maximum absolute atomic E-state index is 4.78. The molecule has 1 N–H and O–H groups in total. The molecule has 2 unspecified atom stereocenters. The second kappa shape index (κ2) is 4.41. The molecule has 19 heavy (non-hydrogen) atoms. The molecule has 0 saturated heterocycles. The van der Waals surface area contributed by atoms with Crippen LogP contribution in [-0.2, 0) is 0 Å². The standard InChI is InChI=1S/C16H21N3/c1-10-5-6-11(2)14(7-10)15-9-19-13(4)8-12(3)17-16(19)18-15/h5-7,9,12-13H,8H2,1-4H3,(H,17,18). The van der Waals surface area contributed by atoms with E-state index < -0.39 is 0 Å². The summed E-state index contributed by atoms with van der Waals surface area (Å²) in [6, 6.07) is 7.55. The summed E-state index contributed by atoms with van der Waals surface area (Å²) in [5.74, 6) is 1.00. The van der Waals surface area contributed by atoms with Crippen molar-refractivity contribution in [3.05, 3.63) is 35.5 Å². The van der Waals surface area contributed by atoms with Gasteiger partial charge in [-0.2, -0.15) is 0 Å². The summed E-state index contributed by atoms with van der Waals surface area (Å²) in [7, 11) is 0. The van der Waals surface area contributed by atoms with Crippen molar-refractivity contribution in [3.8, 4) is 11.3 Å². The van der Waals surface area contributed by atoms with Crippen molar-refractivity contribution >= 4 is 5.95 Å². The minimum absolute atomic E-state index is 0.497. The van der Waals surface area contributed by atoms with E-state index in [2.05, 4.69) is 62.0 Å². The Morgan fingerprint density at radius 3 is 2.84 bits per heavy atom. The minimum atomic E-state index is 0.497. The third kappa shape index (κ3) is 2.14. The molecule has 100 valence electrons. The molecule has 0 aliphatic carbocycles. The number of benzene rings is 1. The Balaban J connectivity index is 2.08. The number of nitrogens with one attached hydrogen (secondary N) is 1. The fraction of sp³-hybridized carbons (Fsp3) is 0.438. The Morgan fingerprint density at radius 1 is 1.26 bits per heavy atom. The molecular weight excluding hydrogens is 234 g/mol. The van der Waals surface area contributed by atoms with Crippen LogP contribution in [0.3, 0.4) is 0 Å². The molecular formula is C16H21N3. The molecule has 0 spiro atoms. The molecule has 3 nitrogen and oxygen atoms in total. The second-order valence-electron chi connectivity index (χ2n) is 5.81. The quantitative estimate of drug-likeness (QED) is 0.836. The van der Waals surface area contributed by atoms with Gasteiger partial charge in [-0.05, 0) is 45.7 Å². The van der Waals surface area contributed by atoms with Gasteiger partial charge in [0, 0.05) is 23.8 Å². The van der Waals surface area contributed by atoms with E-state index in [0.717, 1.165) is 18.1 Å². The van der Waals surface area contributed by atoms with E-state index >= 15 is 0 Å². The number of aromatic nitrogens is 2. The third-order valence-electron chi connectivity index (χ3n) is 3.95. The molecule has 2 aromatic rings. The van der Waals surface area contributed by atoms with E-state index in [1.165, 1.54) is 16.7 Å². The molecule has 1 aliphatic heterocycles. The highest BCUT2D eigenvalue weighted by Gasteiger charge is 2.22. The fourth-order valence-corrected chi connectivity index (χ4v) is 2.88. The first kappa shape index (κ1) is 12.3. The van der Waals surface area contributed by atoms with Gasteiger partial charge in [-0.15, -0.1) is 0 Å². The number of aryl methyl sites for hydroxylation is 2. The first-order valence-corrected chi connectivity index (χ1v) is 6.97. The molecule has 0 fully saturated rings. The molecule has 0 radical (unpaired) electrons. The highest BCUT2D eigenvalue weighted by atomic mass is 15.2. The van der Waals surface area contributed by atoms with Crippen LogP contribution in [-0.4, -0.2) is 15.6 Å². The zero-order valence-electron chi connectivity index (χ0n) is 12.1. The van der Waals surface area contributed by atoms with E-state index in [1.54, 1.807) is 0 Å². The van der Waals surface area contributed by atoms with Gasteiger partial charge in [-0.1, -0.05) is 17.7 Å². The van der Waals surface area contributed by atoms with Gasteiger partial charge in [-0.3, -0.25) is 0 Å². The zero-order chi connectivity index (χ0) is 13.6. The molecule has 0 bridgehead atoms.